The number of urea groups is 1. The second-order valence-corrected chi connectivity index (χ2v) is 7.38. The number of carbonyl (C=O) groups is 1. The molecular formula is C20H19ClN10O3. The zero-order chi connectivity index (χ0) is 24.2. The van der Waals surface area contributed by atoms with Gasteiger partial charge in [0, 0.05) is 20.3 Å². The number of amides is 2. The average molecular weight is 483 g/mol. The zero-order valence-corrected chi connectivity index (χ0v) is 19.1. The Labute approximate surface area is 198 Å². The minimum absolute atomic E-state index is 0.178. The molecule has 0 aliphatic heterocycles. The molecule has 174 valence electrons. The molecule has 2 N–H and O–H groups in total. The Kier molecular flexibility index (Phi) is 6.64. The van der Waals surface area contributed by atoms with Gasteiger partial charge in [-0.2, -0.15) is 20.6 Å². The Morgan fingerprint density at radius 3 is 2.59 bits per heavy atom. The molecule has 0 fully saturated rings. The average Bonchev–Trinajstić information content (AvgIpc) is 3.49. The third-order valence-corrected chi connectivity index (χ3v) is 5.10. The van der Waals surface area contributed by atoms with Crippen LogP contribution in [0.3, 0.4) is 0 Å². The van der Waals surface area contributed by atoms with E-state index in [1.54, 1.807) is 13.2 Å². The molecule has 34 heavy (non-hydrogen) atoms. The smallest absolute Gasteiger partial charge is 0.323 e. The Bertz CT molecular complexity index is 1370. The van der Waals surface area contributed by atoms with Gasteiger partial charge >= 0.3 is 6.03 Å². The molecule has 4 heterocycles. The van der Waals surface area contributed by atoms with Crippen molar-refractivity contribution >= 4 is 34.7 Å². The summed E-state index contributed by atoms with van der Waals surface area (Å²) in [7, 11) is 3.07. The molecule has 14 heteroatoms. The predicted octanol–water partition coefficient (Wildman–Crippen LogP) is 2.60. The fourth-order valence-electron chi connectivity index (χ4n) is 3.32. The van der Waals surface area contributed by atoms with Gasteiger partial charge in [0.1, 0.15) is 23.4 Å². The van der Waals surface area contributed by atoms with Gasteiger partial charge in [0.05, 0.1) is 42.3 Å². The molecule has 0 aliphatic rings. The first-order valence-corrected chi connectivity index (χ1v) is 10.3. The molecule has 4 rings (SSSR count). The van der Waals surface area contributed by atoms with Crippen molar-refractivity contribution in [3.63, 3.8) is 0 Å². The molecule has 0 unspecified atom stereocenters. The molecular weight excluding hydrogens is 464 g/mol. The van der Waals surface area contributed by atoms with Gasteiger partial charge in [-0.3, -0.25) is 0 Å². The van der Waals surface area contributed by atoms with Crippen LogP contribution in [-0.4, -0.2) is 60.9 Å². The SMILES string of the molecule is CO[C@@H](C)[C@H](OC)c1c(NC(=O)Nc2cnc(-n3nccn3)c(C#N)c2)cnc2cc(Cl)nn12. The van der Waals surface area contributed by atoms with E-state index in [-0.39, 0.29) is 28.3 Å². The summed E-state index contributed by atoms with van der Waals surface area (Å²) in [6.45, 7) is 1.82. The second-order valence-electron chi connectivity index (χ2n) is 7.00. The van der Waals surface area contributed by atoms with E-state index >= 15 is 0 Å². The van der Waals surface area contributed by atoms with Crippen molar-refractivity contribution in [3.05, 3.63) is 53.3 Å². The third-order valence-electron chi connectivity index (χ3n) is 4.91. The number of methoxy groups -OCH3 is 2. The lowest BCUT2D eigenvalue weighted by Crippen LogP contribution is -2.26. The maximum Gasteiger partial charge on any atom is 0.323 e. The highest BCUT2D eigenvalue weighted by atomic mass is 35.5. The molecule has 0 saturated carbocycles. The summed E-state index contributed by atoms with van der Waals surface area (Å²) < 4.78 is 12.6. The highest BCUT2D eigenvalue weighted by molar-refractivity contribution is 6.29. The minimum Gasteiger partial charge on any atom is -0.379 e. The monoisotopic (exact) mass is 482 g/mol. The third kappa shape index (κ3) is 4.50. The van der Waals surface area contributed by atoms with Crippen LogP contribution >= 0.6 is 11.6 Å². The number of rotatable bonds is 7. The molecule has 13 nitrogen and oxygen atoms in total. The van der Waals surface area contributed by atoms with Gasteiger partial charge in [-0.05, 0) is 13.0 Å². The van der Waals surface area contributed by atoms with Crippen LogP contribution in [0.5, 0.6) is 0 Å². The number of halogens is 1. The number of nitrogens with zero attached hydrogens (tertiary/aromatic N) is 8. The van der Waals surface area contributed by atoms with E-state index in [9.17, 15) is 10.1 Å². The number of carbonyl (C=O) groups excluding carboxylic acids is 1. The van der Waals surface area contributed by atoms with Crippen LogP contribution in [0.25, 0.3) is 11.5 Å². The number of aromatic nitrogens is 7. The quantitative estimate of drug-likeness (QED) is 0.403. The molecule has 0 aliphatic carbocycles. The van der Waals surface area contributed by atoms with E-state index in [0.29, 0.717) is 17.0 Å². The number of anilines is 2. The van der Waals surface area contributed by atoms with E-state index in [1.165, 1.54) is 47.3 Å². The molecule has 2 amide bonds. The maximum atomic E-state index is 12.8. The Balaban J connectivity index is 1.63. The summed E-state index contributed by atoms with van der Waals surface area (Å²) in [4.78, 5) is 22.5. The van der Waals surface area contributed by atoms with Crippen molar-refractivity contribution < 1.29 is 14.3 Å². The van der Waals surface area contributed by atoms with Gasteiger partial charge < -0.3 is 20.1 Å². The molecule has 2 atom stereocenters. The Morgan fingerprint density at radius 2 is 1.91 bits per heavy atom. The molecule has 0 aromatic carbocycles. The van der Waals surface area contributed by atoms with Gasteiger partial charge in [-0.25, -0.2) is 19.3 Å². The fourth-order valence-corrected chi connectivity index (χ4v) is 3.49. The number of hydrogen-bond acceptors (Lipinski definition) is 9. The first-order chi connectivity index (χ1) is 16.4. The predicted molar refractivity (Wildman–Crippen MR) is 121 cm³/mol. The van der Waals surface area contributed by atoms with Gasteiger partial charge in [0.2, 0.25) is 0 Å². The van der Waals surface area contributed by atoms with E-state index < -0.39 is 12.1 Å². The van der Waals surface area contributed by atoms with Gasteiger partial charge in [0.15, 0.2) is 16.6 Å². The number of nitrogens with one attached hydrogen (secondary N) is 2. The lowest BCUT2D eigenvalue weighted by molar-refractivity contribution is -0.0305. The lowest BCUT2D eigenvalue weighted by atomic mass is 10.1. The summed E-state index contributed by atoms with van der Waals surface area (Å²) in [5.41, 5.74) is 1.75. The van der Waals surface area contributed by atoms with Gasteiger partial charge in [-0.1, -0.05) is 11.6 Å². The first-order valence-electron chi connectivity index (χ1n) is 9.89. The summed E-state index contributed by atoms with van der Waals surface area (Å²) in [5.74, 6) is 0.238. The minimum atomic E-state index is -0.602. The molecule has 4 aromatic heterocycles. The van der Waals surface area contributed by atoms with Crippen molar-refractivity contribution in [2.45, 2.75) is 19.1 Å². The Hall–Kier alpha value is -4.12. The number of hydrogen-bond donors (Lipinski definition) is 2. The molecule has 0 spiro atoms. The molecule has 0 radical (unpaired) electrons. The van der Waals surface area contributed by atoms with E-state index in [0.717, 1.165) is 0 Å². The highest BCUT2D eigenvalue weighted by Crippen LogP contribution is 2.30. The lowest BCUT2D eigenvalue weighted by Gasteiger charge is -2.24. The standard InChI is InChI=1S/C20H19ClN10O3/c1-11(33-2)18(34-3)17-14(10-23-16-7-15(21)29-30(16)17)28-20(32)27-13-6-12(8-22)19(24-9-13)31-25-4-5-26-31/h4-7,9-11,18H,1-3H3,(H2,27,28,32)/t11-,18-/m0/s1. The van der Waals surface area contributed by atoms with Crippen LogP contribution in [0.2, 0.25) is 5.15 Å². The van der Waals surface area contributed by atoms with Crippen molar-refractivity contribution in [1.29, 1.82) is 5.26 Å². The largest absolute Gasteiger partial charge is 0.379 e. The fraction of sp³-hybridized carbons (Fsp3) is 0.250. The van der Waals surface area contributed by atoms with Crippen LogP contribution in [0.15, 0.2) is 36.9 Å². The Morgan fingerprint density at radius 1 is 1.15 bits per heavy atom. The van der Waals surface area contributed by atoms with Crippen LogP contribution in [0.1, 0.15) is 24.3 Å². The van der Waals surface area contributed by atoms with Crippen molar-refractivity contribution in [2.75, 3.05) is 24.9 Å². The zero-order valence-electron chi connectivity index (χ0n) is 18.3. The van der Waals surface area contributed by atoms with Crippen molar-refractivity contribution in [2.24, 2.45) is 0 Å². The number of pyridine rings is 1. The second kappa shape index (κ2) is 9.79. The van der Waals surface area contributed by atoms with Crippen LogP contribution < -0.4 is 10.6 Å². The summed E-state index contributed by atoms with van der Waals surface area (Å²) in [6.07, 6.45) is 4.81. The topological polar surface area (TPSA) is 157 Å². The number of nitriles is 1. The van der Waals surface area contributed by atoms with Crippen molar-refractivity contribution in [1.82, 2.24) is 34.6 Å². The molecule has 4 aromatic rings. The van der Waals surface area contributed by atoms with E-state index in [2.05, 4.69) is 35.9 Å². The number of fused-ring (bicyclic) bond motifs is 1. The summed E-state index contributed by atoms with van der Waals surface area (Å²) >= 11 is 6.07. The molecule has 0 bridgehead atoms. The summed E-state index contributed by atoms with van der Waals surface area (Å²) in [5, 5.41) is 27.3. The van der Waals surface area contributed by atoms with Gasteiger partial charge in [-0.15, -0.1) is 4.80 Å². The molecule has 0 saturated heterocycles. The maximum absolute atomic E-state index is 12.8. The van der Waals surface area contributed by atoms with Crippen molar-refractivity contribution in [3.8, 4) is 11.9 Å². The van der Waals surface area contributed by atoms with Crippen LogP contribution in [0, 0.1) is 11.3 Å². The van der Waals surface area contributed by atoms with Crippen LogP contribution in [0.4, 0.5) is 16.2 Å². The number of ether oxygens (including phenoxy) is 2. The highest BCUT2D eigenvalue weighted by Gasteiger charge is 2.27. The first kappa shape index (κ1) is 23.1. The van der Waals surface area contributed by atoms with E-state index in [4.69, 9.17) is 21.1 Å². The van der Waals surface area contributed by atoms with Gasteiger partial charge in [0.25, 0.3) is 0 Å². The normalized spacial score (nSPS) is 12.8. The van der Waals surface area contributed by atoms with E-state index in [1.807, 2.05) is 13.0 Å². The summed E-state index contributed by atoms with van der Waals surface area (Å²) in [6, 6.07) is 4.47. The van der Waals surface area contributed by atoms with Crippen LogP contribution in [-0.2, 0) is 9.47 Å².